The molecule has 1 aromatic heterocycles. The molecule has 0 aliphatic carbocycles. The van der Waals surface area contributed by atoms with Gasteiger partial charge in [0.15, 0.2) is 0 Å². The molecule has 1 aromatic rings. The van der Waals surface area contributed by atoms with Gasteiger partial charge in [-0.15, -0.1) is 4.72 Å². The van der Waals surface area contributed by atoms with Crippen molar-refractivity contribution in [2.75, 3.05) is 20.3 Å². The number of pyridine rings is 1. The molecular weight excluding hydrogens is 392 g/mol. The van der Waals surface area contributed by atoms with Crippen LogP contribution in [0, 0.1) is 5.92 Å². The van der Waals surface area contributed by atoms with Gasteiger partial charge >= 0.3 is 0 Å². The van der Waals surface area contributed by atoms with Crippen LogP contribution in [0.25, 0.3) is 0 Å². The van der Waals surface area contributed by atoms with Crippen LogP contribution in [-0.4, -0.2) is 34.6 Å². The Labute approximate surface area is 156 Å². The van der Waals surface area contributed by atoms with Gasteiger partial charge in [-0.05, 0) is 61.5 Å². The Balaban J connectivity index is 2.34. The maximum atomic E-state index is 12.7. The van der Waals surface area contributed by atoms with Gasteiger partial charge in [-0.3, -0.25) is 4.98 Å². The molecule has 24 heavy (non-hydrogen) atoms. The van der Waals surface area contributed by atoms with Crippen LogP contribution in [0.2, 0.25) is 0 Å². The maximum Gasteiger partial charge on any atom is 0.136 e. The number of ether oxygens (including phenoxy) is 2. The Hall–Kier alpha value is -0.180. The zero-order valence-corrected chi connectivity index (χ0v) is 17.2. The SMILES string of the molecule is COCc1cc(Br)cnc1[C@@H](N[S@+]([O-])C(C)(C)C)C1CCOCC1. The highest BCUT2D eigenvalue weighted by Gasteiger charge is 2.36. The Bertz CT molecular complexity index is 533. The molecule has 0 amide bonds. The summed E-state index contributed by atoms with van der Waals surface area (Å²) in [5, 5.41) is 0. The lowest BCUT2D eigenvalue weighted by atomic mass is 9.88. The lowest BCUT2D eigenvalue weighted by Gasteiger charge is -2.34. The van der Waals surface area contributed by atoms with Crippen molar-refractivity contribution in [1.29, 1.82) is 0 Å². The minimum Gasteiger partial charge on any atom is -0.598 e. The number of aromatic nitrogens is 1. The summed E-state index contributed by atoms with van der Waals surface area (Å²) in [6.45, 7) is 7.88. The molecule has 1 fully saturated rings. The van der Waals surface area contributed by atoms with Crippen molar-refractivity contribution in [3.05, 3.63) is 28.0 Å². The van der Waals surface area contributed by atoms with E-state index in [0.29, 0.717) is 12.5 Å². The molecule has 2 rings (SSSR count). The summed E-state index contributed by atoms with van der Waals surface area (Å²) in [5.74, 6) is 0.342. The van der Waals surface area contributed by atoms with Gasteiger partial charge in [0, 0.05) is 47.9 Å². The highest BCUT2D eigenvalue weighted by Crippen LogP contribution is 2.34. The second kappa shape index (κ2) is 8.96. The van der Waals surface area contributed by atoms with E-state index in [0.717, 1.165) is 41.8 Å². The van der Waals surface area contributed by atoms with Crippen LogP contribution in [0.1, 0.15) is 50.9 Å². The van der Waals surface area contributed by atoms with Crippen LogP contribution in [-0.2, 0) is 27.4 Å². The first-order valence-electron chi connectivity index (χ1n) is 8.22. The van der Waals surface area contributed by atoms with Crippen LogP contribution in [0.15, 0.2) is 16.7 Å². The molecule has 5 nitrogen and oxygen atoms in total. The first-order chi connectivity index (χ1) is 11.3. The maximum absolute atomic E-state index is 12.7. The third-order valence-electron chi connectivity index (χ3n) is 4.09. The molecule has 0 aromatic carbocycles. The van der Waals surface area contributed by atoms with Crippen molar-refractivity contribution in [2.24, 2.45) is 5.92 Å². The van der Waals surface area contributed by atoms with Crippen LogP contribution >= 0.6 is 15.9 Å². The third kappa shape index (κ3) is 5.41. The Morgan fingerprint density at radius 2 is 2.12 bits per heavy atom. The fraction of sp³-hybridized carbons (Fsp3) is 0.706. The molecule has 2 atom stereocenters. The van der Waals surface area contributed by atoms with Crippen molar-refractivity contribution in [3.63, 3.8) is 0 Å². The summed E-state index contributed by atoms with van der Waals surface area (Å²) in [4.78, 5) is 4.64. The van der Waals surface area contributed by atoms with Gasteiger partial charge in [0.05, 0.1) is 18.3 Å². The topological polar surface area (TPSA) is 66.4 Å². The second-order valence-corrected chi connectivity index (χ2v) is 9.97. The van der Waals surface area contributed by atoms with Gasteiger partial charge in [-0.25, -0.2) is 0 Å². The number of nitrogens with zero attached hydrogens (tertiary/aromatic N) is 1. The number of methoxy groups -OCH3 is 1. The molecule has 1 N–H and O–H groups in total. The molecule has 7 heteroatoms. The molecule has 136 valence electrons. The normalized spacial score (nSPS) is 19.2. The number of hydrogen-bond donors (Lipinski definition) is 1. The van der Waals surface area contributed by atoms with Crippen LogP contribution in [0.3, 0.4) is 0 Å². The molecule has 0 unspecified atom stereocenters. The zero-order valence-electron chi connectivity index (χ0n) is 14.8. The standard InChI is InChI=1S/C17H27BrN2O3S/c1-17(2,3)24(21)20-16(12-5-7-23-8-6-12)15-13(11-22-4)9-14(18)10-19-15/h9-10,12,16,20H,5-8,11H2,1-4H3/t16-,24+/m0/s1. The summed E-state index contributed by atoms with van der Waals surface area (Å²) in [7, 11) is 1.68. The summed E-state index contributed by atoms with van der Waals surface area (Å²) in [6.07, 6.45) is 3.66. The number of nitrogens with one attached hydrogen (secondary N) is 1. The van der Waals surface area contributed by atoms with Gasteiger partial charge in [-0.1, -0.05) is 0 Å². The molecule has 1 aliphatic rings. The van der Waals surface area contributed by atoms with Gasteiger partial charge in [0.25, 0.3) is 0 Å². The van der Waals surface area contributed by atoms with Gasteiger partial charge < -0.3 is 14.0 Å². The van der Waals surface area contributed by atoms with Gasteiger partial charge in [0.1, 0.15) is 4.75 Å². The largest absolute Gasteiger partial charge is 0.598 e. The summed E-state index contributed by atoms with van der Waals surface area (Å²) in [5.41, 5.74) is 1.94. The van der Waals surface area contributed by atoms with Crippen LogP contribution in [0.4, 0.5) is 0 Å². The lowest BCUT2D eigenvalue weighted by molar-refractivity contribution is 0.0555. The van der Waals surface area contributed by atoms with E-state index in [2.05, 4.69) is 25.6 Å². The monoisotopic (exact) mass is 418 g/mol. The quantitative estimate of drug-likeness (QED) is 0.715. The van der Waals surface area contributed by atoms with Gasteiger partial charge in [0.2, 0.25) is 0 Å². The summed E-state index contributed by atoms with van der Waals surface area (Å²) < 4.78 is 27.5. The van der Waals surface area contributed by atoms with E-state index in [1.165, 1.54) is 0 Å². The highest BCUT2D eigenvalue weighted by molar-refractivity contribution is 9.10. The molecule has 1 aliphatic heterocycles. The predicted molar refractivity (Wildman–Crippen MR) is 100.0 cm³/mol. The van der Waals surface area contributed by atoms with E-state index in [4.69, 9.17) is 9.47 Å². The molecule has 0 bridgehead atoms. The van der Waals surface area contributed by atoms with Gasteiger partial charge in [-0.2, -0.15) is 0 Å². The van der Waals surface area contributed by atoms with Crippen molar-refractivity contribution in [2.45, 2.75) is 51.0 Å². The lowest BCUT2D eigenvalue weighted by Crippen LogP contribution is -2.44. The van der Waals surface area contributed by atoms with Crippen LogP contribution < -0.4 is 4.72 Å². The third-order valence-corrected chi connectivity index (χ3v) is 6.10. The first kappa shape index (κ1) is 20.1. The average Bonchev–Trinajstić information content (AvgIpc) is 2.53. The number of rotatable bonds is 6. The minimum atomic E-state index is -1.17. The van der Waals surface area contributed by atoms with E-state index in [1.54, 1.807) is 13.3 Å². The van der Waals surface area contributed by atoms with Crippen molar-refractivity contribution in [3.8, 4) is 0 Å². The van der Waals surface area contributed by atoms with Crippen LogP contribution in [0.5, 0.6) is 0 Å². The first-order valence-corrected chi connectivity index (χ1v) is 10.2. The average molecular weight is 419 g/mol. The summed E-state index contributed by atoms with van der Waals surface area (Å²) in [6, 6.07) is 1.95. The predicted octanol–water partition coefficient (Wildman–Crippen LogP) is 3.51. The van der Waals surface area contributed by atoms with E-state index >= 15 is 0 Å². The molecule has 0 spiro atoms. The van der Waals surface area contributed by atoms with E-state index in [9.17, 15) is 4.55 Å². The van der Waals surface area contributed by atoms with E-state index in [1.807, 2.05) is 26.8 Å². The molecule has 1 saturated heterocycles. The number of halogens is 1. The molecule has 0 radical (unpaired) electrons. The fourth-order valence-corrected chi connectivity index (χ4v) is 4.03. The molecule has 2 heterocycles. The number of hydrogen-bond acceptors (Lipinski definition) is 5. The molecular formula is C17H27BrN2O3S. The molecule has 0 saturated carbocycles. The Kier molecular flexibility index (Phi) is 7.52. The minimum absolute atomic E-state index is 0.0767. The van der Waals surface area contributed by atoms with Crippen molar-refractivity contribution >= 4 is 27.3 Å². The van der Waals surface area contributed by atoms with Crippen molar-refractivity contribution in [1.82, 2.24) is 9.71 Å². The Morgan fingerprint density at radius 1 is 1.46 bits per heavy atom. The highest BCUT2D eigenvalue weighted by atomic mass is 79.9. The van der Waals surface area contributed by atoms with E-state index in [-0.39, 0.29) is 10.8 Å². The Morgan fingerprint density at radius 3 is 2.71 bits per heavy atom. The van der Waals surface area contributed by atoms with E-state index < -0.39 is 11.4 Å². The fourth-order valence-electron chi connectivity index (χ4n) is 2.76. The zero-order chi connectivity index (χ0) is 17.7. The summed E-state index contributed by atoms with van der Waals surface area (Å²) >= 11 is 2.31. The smallest absolute Gasteiger partial charge is 0.136 e. The van der Waals surface area contributed by atoms with Crippen molar-refractivity contribution < 1.29 is 14.0 Å². The second-order valence-electron chi connectivity index (χ2n) is 7.06.